The summed E-state index contributed by atoms with van der Waals surface area (Å²) < 4.78 is 6.02. The lowest BCUT2D eigenvalue weighted by atomic mass is 10.0. The van der Waals surface area contributed by atoms with Crippen LogP contribution in [0.1, 0.15) is 30.0 Å². The first-order valence-corrected chi connectivity index (χ1v) is 13.5. The van der Waals surface area contributed by atoms with Crippen LogP contribution in [0.2, 0.25) is 0 Å². The van der Waals surface area contributed by atoms with Crippen LogP contribution in [0.4, 0.5) is 5.82 Å². The van der Waals surface area contributed by atoms with E-state index in [1.54, 1.807) is 6.07 Å². The third-order valence-corrected chi connectivity index (χ3v) is 7.03. The van der Waals surface area contributed by atoms with E-state index in [4.69, 9.17) is 20.4 Å². The molecule has 1 atom stereocenters. The molecule has 1 saturated heterocycles. The number of nitrogens with zero attached hydrogens (tertiary/aromatic N) is 4. The van der Waals surface area contributed by atoms with Crippen LogP contribution >= 0.6 is 0 Å². The zero-order chi connectivity index (χ0) is 28.1. The molecule has 9 nitrogen and oxygen atoms in total. The van der Waals surface area contributed by atoms with Crippen LogP contribution in [0.25, 0.3) is 10.9 Å². The summed E-state index contributed by atoms with van der Waals surface area (Å²) >= 11 is 0. The molecule has 1 aliphatic rings. The predicted octanol–water partition coefficient (Wildman–Crippen LogP) is 4.30. The van der Waals surface area contributed by atoms with Crippen molar-refractivity contribution in [2.75, 3.05) is 31.5 Å². The standard InChI is InChI=1S/C31H34N6O3/c1-21(2)28(29(32)38)35-30-23-12-6-8-14-25(23)33-27(34-30)20-36-16-18-37(19-17-36)31(39)24-13-7-9-15-26(24)40-22-10-4-3-5-11-22/h3-15,21,28H,16-20H2,1-2H3,(H2,32,38)(H,33,34,35)/t28-/m0/s1. The Labute approximate surface area is 234 Å². The topological polar surface area (TPSA) is 114 Å². The number of carbonyl (C=O) groups excluding carboxylic acids is 2. The minimum absolute atomic E-state index is 0.00326. The summed E-state index contributed by atoms with van der Waals surface area (Å²) in [6, 6.07) is 24.0. The normalized spacial score (nSPS) is 14.7. The Balaban J connectivity index is 1.27. The van der Waals surface area contributed by atoms with Crippen molar-refractivity contribution in [3.05, 3.63) is 90.3 Å². The van der Waals surface area contributed by atoms with E-state index in [0.717, 1.165) is 10.9 Å². The number of piperazine rings is 1. The molecule has 40 heavy (non-hydrogen) atoms. The number of hydrogen-bond donors (Lipinski definition) is 2. The number of para-hydroxylation sites is 3. The Kier molecular flexibility index (Phi) is 8.21. The van der Waals surface area contributed by atoms with Crippen molar-refractivity contribution < 1.29 is 14.3 Å². The number of ether oxygens (including phenoxy) is 1. The predicted molar refractivity (Wildman–Crippen MR) is 155 cm³/mol. The zero-order valence-corrected chi connectivity index (χ0v) is 22.8. The Morgan fingerprint density at radius 3 is 2.30 bits per heavy atom. The number of hydrogen-bond acceptors (Lipinski definition) is 7. The number of nitrogens with one attached hydrogen (secondary N) is 1. The first-order valence-electron chi connectivity index (χ1n) is 13.5. The van der Waals surface area contributed by atoms with E-state index in [1.807, 2.05) is 91.5 Å². The van der Waals surface area contributed by atoms with Gasteiger partial charge in [-0.05, 0) is 42.3 Å². The fraction of sp³-hybridized carbons (Fsp3) is 0.290. The van der Waals surface area contributed by atoms with Gasteiger partial charge < -0.3 is 20.7 Å². The monoisotopic (exact) mass is 538 g/mol. The molecular weight excluding hydrogens is 504 g/mol. The van der Waals surface area contributed by atoms with E-state index >= 15 is 0 Å². The van der Waals surface area contributed by atoms with E-state index in [-0.39, 0.29) is 11.8 Å². The van der Waals surface area contributed by atoms with Crippen LogP contribution < -0.4 is 15.8 Å². The highest BCUT2D eigenvalue weighted by Gasteiger charge is 2.26. The lowest BCUT2D eigenvalue weighted by molar-refractivity contribution is -0.119. The SMILES string of the molecule is CC(C)[C@H](Nc1nc(CN2CCN(C(=O)c3ccccc3Oc3ccccc3)CC2)nc2ccccc12)C(N)=O. The van der Waals surface area contributed by atoms with Crippen LogP contribution in [-0.2, 0) is 11.3 Å². The van der Waals surface area contributed by atoms with Crippen molar-refractivity contribution in [3.8, 4) is 11.5 Å². The highest BCUT2D eigenvalue weighted by Crippen LogP contribution is 2.27. The Bertz CT molecular complexity index is 1490. The first-order chi connectivity index (χ1) is 19.4. The molecule has 0 saturated carbocycles. The van der Waals surface area contributed by atoms with Gasteiger partial charge in [0.05, 0.1) is 17.6 Å². The van der Waals surface area contributed by atoms with E-state index in [0.29, 0.717) is 61.4 Å². The first kappa shape index (κ1) is 27.1. The molecule has 206 valence electrons. The lowest BCUT2D eigenvalue weighted by Gasteiger charge is -2.34. The molecule has 0 radical (unpaired) electrons. The minimum atomic E-state index is -0.547. The smallest absolute Gasteiger partial charge is 0.257 e. The van der Waals surface area contributed by atoms with E-state index in [1.165, 1.54) is 0 Å². The van der Waals surface area contributed by atoms with Crippen LogP contribution in [0.3, 0.4) is 0 Å². The molecule has 0 unspecified atom stereocenters. The maximum atomic E-state index is 13.4. The van der Waals surface area contributed by atoms with E-state index in [9.17, 15) is 9.59 Å². The number of anilines is 1. The number of fused-ring (bicyclic) bond motifs is 1. The number of amides is 2. The third-order valence-electron chi connectivity index (χ3n) is 7.03. The third kappa shape index (κ3) is 6.21. The average molecular weight is 539 g/mol. The Morgan fingerprint density at radius 2 is 1.57 bits per heavy atom. The molecule has 3 N–H and O–H groups in total. The van der Waals surface area contributed by atoms with Gasteiger partial charge in [-0.2, -0.15) is 0 Å². The van der Waals surface area contributed by atoms with Gasteiger partial charge in [-0.15, -0.1) is 0 Å². The molecule has 4 aromatic rings. The highest BCUT2D eigenvalue weighted by molar-refractivity contribution is 5.97. The van der Waals surface area contributed by atoms with Crippen molar-refractivity contribution in [2.45, 2.75) is 26.4 Å². The summed E-state index contributed by atoms with van der Waals surface area (Å²) in [4.78, 5) is 39.1. The van der Waals surface area contributed by atoms with Gasteiger partial charge in [-0.3, -0.25) is 14.5 Å². The van der Waals surface area contributed by atoms with Gasteiger partial charge in [0, 0.05) is 31.6 Å². The van der Waals surface area contributed by atoms with E-state index < -0.39 is 11.9 Å². The Morgan fingerprint density at radius 1 is 0.900 bits per heavy atom. The molecule has 1 aliphatic heterocycles. The van der Waals surface area contributed by atoms with Crippen molar-refractivity contribution in [3.63, 3.8) is 0 Å². The number of carbonyl (C=O) groups is 2. The van der Waals surface area contributed by atoms with Crippen LogP contribution in [-0.4, -0.2) is 63.8 Å². The number of nitrogens with two attached hydrogens (primary N) is 1. The summed E-state index contributed by atoms with van der Waals surface area (Å²) in [5, 5.41) is 4.09. The molecule has 0 bridgehead atoms. The van der Waals surface area contributed by atoms with Gasteiger partial charge >= 0.3 is 0 Å². The molecule has 0 aliphatic carbocycles. The second kappa shape index (κ2) is 12.1. The maximum absolute atomic E-state index is 13.4. The highest BCUT2D eigenvalue weighted by atomic mass is 16.5. The second-order valence-corrected chi connectivity index (χ2v) is 10.3. The van der Waals surface area contributed by atoms with Gasteiger partial charge in [-0.25, -0.2) is 9.97 Å². The molecule has 2 amide bonds. The van der Waals surface area contributed by atoms with E-state index in [2.05, 4.69) is 10.2 Å². The van der Waals surface area contributed by atoms with Crippen LogP contribution in [0.5, 0.6) is 11.5 Å². The van der Waals surface area contributed by atoms with Gasteiger partial charge in [-0.1, -0.05) is 56.3 Å². The number of benzene rings is 3. The summed E-state index contributed by atoms with van der Waals surface area (Å²) in [6.45, 7) is 6.94. The largest absolute Gasteiger partial charge is 0.457 e. The van der Waals surface area contributed by atoms with Gasteiger partial charge in [0.15, 0.2) is 0 Å². The molecule has 0 spiro atoms. The molecular formula is C31H34N6O3. The molecule has 1 aromatic heterocycles. The van der Waals surface area contributed by atoms with Crippen LogP contribution in [0.15, 0.2) is 78.9 Å². The average Bonchev–Trinajstić information content (AvgIpc) is 2.96. The minimum Gasteiger partial charge on any atom is -0.457 e. The molecule has 1 fully saturated rings. The fourth-order valence-electron chi connectivity index (χ4n) is 4.85. The zero-order valence-electron chi connectivity index (χ0n) is 22.8. The molecule has 9 heteroatoms. The van der Waals surface area contributed by atoms with Crippen molar-refractivity contribution in [2.24, 2.45) is 11.7 Å². The number of rotatable bonds is 9. The molecule has 2 heterocycles. The van der Waals surface area contributed by atoms with Gasteiger partial charge in [0.1, 0.15) is 29.2 Å². The van der Waals surface area contributed by atoms with Crippen molar-refractivity contribution in [1.82, 2.24) is 19.8 Å². The number of aromatic nitrogens is 2. The van der Waals surface area contributed by atoms with Gasteiger partial charge in [0.2, 0.25) is 5.91 Å². The fourth-order valence-corrected chi connectivity index (χ4v) is 4.85. The lowest BCUT2D eigenvalue weighted by Crippen LogP contribution is -2.48. The summed E-state index contributed by atoms with van der Waals surface area (Å²) in [5.41, 5.74) is 6.99. The summed E-state index contributed by atoms with van der Waals surface area (Å²) in [5.74, 6) is 2.01. The molecule has 3 aromatic carbocycles. The van der Waals surface area contributed by atoms with Crippen molar-refractivity contribution in [1.29, 1.82) is 0 Å². The summed E-state index contributed by atoms with van der Waals surface area (Å²) in [7, 11) is 0. The molecule has 5 rings (SSSR count). The van der Waals surface area contributed by atoms with Crippen LogP contribution in [0, 0.1) is 5.92 Å². The quantitative estimate of drug-likeness (QED) is 0.327. The summed E-state index contributed by atoms with van der Waals surface area (Å²) in [6.07, 6.45) is 0. The van der Waals surface area contributed by atoms with Gasteiger partial charge in [0.25, 0.3) is 5.91 Å². The maximum Gasteiger partial charge on any atom is 0.257 e. The Hall–Kier alpha value is -4.50. The second-order valence-electron chi connectivity index (χ2n) is 10.3. The van der Waals surface area contributed by atoms with Crippen molar-refractivity contribution >= 4 is 28.5 Å². The number of primary amides is 1.